The van der Waals surface area contributed by atoms with Crippen LogP contribution >= 0.6 is 35.0 Å². The van der Waals surface area contributed by atoms with Gasteiger partial charge in [0, 0.05) is 10.6 Å². The molecule has 0 aromatic heterocycles. The second kappa shape index (κ2) is 11.2. The van der Waals surface area contributed by atoms with E-state index >= 15 is 0 Å². The number of aryl methyl sites for hydroxylation is 1. The van der Waals surface area contributed by atoms with E-state index in [4.69, 9.17) is 32.7 Å². The molecule has 1 heterocycles. The van der Waals surface area contributed by atoms with Crippen LogP contribution in [0.1, 0.15) is 29.2 Å². The third kappa shape index (κ3) is 6.01. The van der Waals surface area contributed by atoms with Gasteiger partial charge in [0.2, 0.25) is 0 Å². The number of halogens is 2. The summed E-state index contributed by atoms with van der Waals surface area (Å²) >= 11 is 13.7. The van der Waals surface area contributed by atoms with Gasteiger partial charge in [-0.15, -0.1) is 0 Å². The topological polar surface area (TPSA) is 55.8 Å². The molecule has 35 heavy (non-hydrogen) atoms. The Morgan fingerprint density at radius 1 is 0.971 bits per heavy atom. The van der Waals surface area contributed by atoms with Gasteiger partial charge in [-0.1, -0.05) is 71.2 Å². The molecular weight excluding hydrogens is 505 g/mol. The summed E-state index contributed by atoms with van der Waals surface area (Å²) in [5.41, 5.74) is 3.42. The van der Waals surface area contributed by atoms with Gasteiger partial charge in [0.05, 0.1) is 23.1 Å². The molecule has 0 atom stereocenters. The van der Waals surface area contributed by atoms with Crippen LogP contribution in [0.5, 0.6) is 11.5 Å². The van der Waals surface area contributed by atoms with Crippen molar-refractivity contribution in [1.82, 2.24) is 4.90 Å². The van der Waals surface area contributed by atoms with Gasteiger partial charge in [0.25, 0.3) is 11.1 Å². The highest BCUT2D eigenvalue weighted by molar-refractivity contribution is 8.18. The summed E-state index contributed by atoms with van der Waals surface area (Å²) in [4.78, 5) is 27.1. The fourth-order valence-electron chi connectivity index (χ4n) is 3.62. The van der Waals surface area contributed by atoms with Crippen molar-refractivity contribution in [2.45, 2.75) is 27.0 Å². The molecule has 3 aromatic carbocycles. The molecule has 2 amide bonds. The van der Waals surface area contributed by atoms with Crippen molar-refractivity contribution < 1.29 is 19.1 Å². The number of nitrogens with zero attached hydrogens (tertiary/aromatic N) is 1. The van der Waals surface area contributed by atoms with Crippen LogP contribution in [-0.2, 0) is 17.9 Å². The highest BCUT2D eigenvalue weighted by Gasteiger charge is 2.35. The zero-order valence-electron chi connectivity index (χ0n) is 19.2. The summed E-state index contributed by atoms with van der Waals surface area (Å²) in [7, 11) is 0. The molecule has 0 saturated carbocycles. The van der Waals surface area contributed by atoms with E-state index < -0.39 is 0 Å². The molecular formula is C27H23Cl2NO4S. The van der Waals surface area contributed by atoms with E-state index in [1.54, 1.807) is 24.3 Å². The fourth-order valence-corrected chi connectivity index (χ4v) is 4.92. The molecule has 1 aliphatic heterocycles. The quantitative estimate of drug-likeness (QED) is 0.283. The van der Waals surface area contributed by atoms with Gasteiger partial charge in [0.15, 0.2) is 11.5 Å². The first-order valence-electron chi connectivity index (χ1n) is 11.0. The lowest BCUT2D eigenvalue weighted by atomic mass is 10.1. The average Bonchev–Trinajstić information content (AvgIpc) is 3.07. The van der Waals surface area contributed by atoms with E-state index in [1.165, 1.54) is 4.90 Å². The van der Waals surface area contributed by atoms with Crippen molar-refractivity contribution in [3.63, 3.8) is 0 Å². The number of carbonyl (C=O) groups excluding carboxylic acids is 2. The number of hydrogen-bond acceptors (Lipinski definition) is 5. The minimum atomic E-state index is -0.338. The first kappa shape index (κ1) is 25.2. The van der Waals surface area contributed by atoms with Gasteiger partial charge in [-0.3, -0.25) is 14.5 Å². The van der Waals surface area contributed by atoms with Crippen molar-refractivity contribution in [1.29, 1.82) is 0 Å². The van der Waals surface area contributed by atoms with Gasteiger partial charge in [-0.05, 0) is 61.0 Å². The van der Waals surface area contributed by atoms with Gasteiger partial charge in [-0.2, -0.15) is 0 Å². The Kier molecular flexibility index (Phi) is 8.06. The largest absolute Gasteiger partial charge is 0.490 e. The Morgan fingerprint density at radius 2 is 1.77 bits per heavy atom. The van der Waals surface area contributed by atoms with Crippen LogP contribution < -0.4 is 9.47 Å². The van der Waals surface area contributed by atoms with Crippen LogP contribution in [0.2, 0.25) is 10.0 Å². The number of amides is 2. The zero-order chi connectivity index (χ0) is 24.9. The van der Waals surface area contributed by atoms with E-state index in [9.17, 15) is 9.59 Å². The number of carbonyl (C=O) groups is 2. The highest BCUT2D eigenvalue weighted by Crippen LogP contribution is 2.40. The standard InChI is InChI=1S/C27H23Cl2NO4S/c1-3-33-23-13-19(12-22(29)25(23)34-16-20-9-4-5-10-21(20)28)14-24-26(31)30(27(32)35-24)15-18-8-6-7-17(2)11-18/h4-14H,3,15-16H2,1-2H3/b24-14-. The normalized spacial score (nSPS) is 14.6. The van der Waals surface area contributed by atoms with E-state index in [0.29, 0.717) is 38.6 Å². The molecule has 1 fully saturated rings. The van der Waals surface area contributed by atoms with Crippen molar-refractivity contribution in [3.8, 4) is 11.5 Å². The Hall–Kier alpha value is -2.93. The van der Waals surface area contributed by atoms with Crippen LogP contribution in [-0.4, -0.2) is 22.7 Å². The number of imide groups is 1. The van der Waals surface area contributed by atoms with E-state index in [1.807, 2.05) is 56.3 Å². The van der Waals surface area contributed by atoms with Gasteiger partial charge in [-0.25, -0.2) is 0 Å². The summed E-state index contributed by atoms with van der Waals surface area (Å²) in [6.45, 7) is 4.67. The van der Waals surface area contributed by atoms with Crippen molar-refractivity contribution in [3.05, 3.63) is 97.9 Å². The second-order valence-electron chi connectivity index (χ2n) is 7.90. The molecule has 5 nitrogen and oxygen atoms in total. The van der Waals surface area contributed by atoms with E-state index in [2.05, 4.69) is 0 Å². The molecule has 0 spiro atoms. The number of rotatable bonds is 8. The summed E-state index contributed by atoms with van der Waals surface area (Å²) in [6, 6.07) is 18.6. The number of benzene rings is 3. The maximum Gasteiger partial charge on any atom is 0.293 e. The van der Waals surface area contributed by atoms with Crippen molar-refractivity contribution in [2.75, 3.05) is 6.61 Å². The molecule has 0 bridgehead atoms. The average molecular weight is 528 g/mol. The minimum Gasteiger partial charge on any atom is -0.490 e. The molecule has 8 heteroatoms. The van der Waals surface area contributed by atoms with Crippen molar-refractivity contribution in [2.24, 2.45) is 0 Å². The summed E-state index contributed by atoms with van der Waals surface area (Å²) in [6.07, 6.45) is 1.65. The van der Waals surface area contributed by atoms with Gasteiger partial charge in [0.1, 0.15) is 6.61 Å². The highest BCUT2D eigenvalue weighted by atomic mass is 35.5. The lowest BCUT2D eigenvalue weighted by molar-refractivity contribution is -0.123. The molecule has 0 N–H and O–H groups in total. The van der Waals surface area contributed by atoms with Crippen LogP contribution in [0.15, 0.2) is 65.6 Å². The number of hydrogen-bond donors (Lipinski definition) is 0. The zero-order valence-corrected chi connectivity index (χ0v) is 21.5. The Balaban J connectivity index is 1.56. The molecule has 1 saturated heterocycles. The molecule has 180 valence electrons. The summed E-state index contributed by atoms with van der Waals surface area (Å²) < 4.78 is 11.7. The Labute approximate surface area is 218 Å². The summed E-state index contributed by atoms with van der Waals surface area (Å²) in [5.74, 6) is 0.491. The van der Waals surface area contributed by atoms with Crippen LogP contribution in [0.25, 0.3) is 6.08 Å². The third-order valence-corrected chi connectivity index (χ3v) is 6.81. The predicted molar refractivity (Wildman–Crippen MR) is 141 cm³/mol. The third-order valence-electron chi connectivity index (χ3n) is 5.26. The predicted octanol–water partition coefficient (Wildman–Crippen LogP) is 7.52. The maximum absolute atomic E-state index is 13.0. The molecule has 4 rings (SSSR count). The molecule has 0 aliphatic carbocycles. The Morgan fingerprint density at radius 3 is 2.51 bits per heavy atom. The molecule has 3 aromatic rings. The molecule has 0 radical (unpaired) electrons. The second-order valence-corrected chi connectivity index (χ2v) is 9.71. The van der Waals surface area contributed by atoms with Gasteiger partial charge < -0.3 is 9.47 Å². The molecule has 0 unspecified atom stereocenters. The van der Waals surface area contributed by atoms with Gasteiger partial charge >= 0.3 is 0 Å². The molecule has 1 aliphatic rings. The summed E-state index contributed by atoms with van der Waals surface area (Å²) in [5, 5.41) is 0.617. The van der Waals surface area contributed by atoms with E-state index in [-0.39, 0.29) is 24.3 Å². The number of ether oxygens (including phenoxy) is 2. The monoisotopic (exact) mass is 527 g/mol. The van der Waals surface area contributed by atoms with Crippen molar-refractivity contribution >= 4 is 52.2 Å². The maximum atomic E-state index is 13.0. The first-order chi connectivity index (χ1) is 16.9. The Bertz CT molecular complexity index is 1310. The van der Waals surface area contributed by atoms with Crippen LogP contribution in [0.4, 0.5) is 4.79 Å². The SMILES string of the molecule is CCOc1cc(/C=C2\SC(=O)N(Cc3cccc(C)c3)C2=O)cc(Cl)c1OCc1ccccc1Cl. The lowest BCUT2D eigenvalue weighted by Gasteiger charge is -2.15. The number of thioether (sulfide) groups is 1. The lowest BCUT2D eigenvalue weighted by Crippen LogP contribution is -2.27. The van der Waals surface area contributed by atoms with Crippen LogP contribution in [0.3, 0.4) is 0 Å². The minimum absolute atomic E-state index is 0.219. The van der Waals surface area contributed by atoms with Crippen LogP contribution in [0, 0.1) is 6.92 Å². The fraction of sp³-hybridized carbons (Fsp3) is 0.185. The van der Waals surface area contributed by atoms with E-state index in [0.717, 1.165) is 28.5 Å². The first-order valence-corrected chi connectivity index (χ1v) is 12.6. The smallest absolute Gasteiger partial charge is 0.293 e.